The molecule has 5 rings (SSSR count). The number of anilines is 1. The topological polar surface area (TPSA) is 50.2 Å². The van der Waals surface area contributed by atoms with E-state index in [2.05, 4.69) is 22.1 Å². The fourth-order valence-electron chi connectivity index (χ4n) is 4.42. The maximum absolute atomic E-state index is 14.7. The van der Waals surface area contributed by atoms with Gasteiger partial charge in [-0.05, 0) is 37.3 Å². The van der Waals surface area contributed by atoms with Gasteiger partial charge in [0, 0.05) is 59.7 Å². The lowest BCUT2D eigenvalue weighted by atomic mass is 10.0. The van der Waals surface area contributed by atoms with Crippen LogP contribution < -0.4 is 15.9 Å². The van der Waals surface area contributed by atoms with Crippen molar-refractivity contribution in [2.24, 2.45) is 0 Å². The second kappa shape index (κ2) is 8.07. The Bertz CT molecular complexity index is 1250. The minimum atomic E-state index is -0.679. The van der Waals surface area contributed by atoms with Crippen molar-refractivity contribution in [3.8, 4) is 11.1 Å². The van der Waals surface area contributed by atoms with Gasteiger partial charge in [0.2, 0.25) is 0 Å². The number of nitrogens with zero attached hydrogens (tertiary/aromatic N) is 3. The molecule has 2 aromatic carbocycles. The van der Waals surface area contributed by atoms with Gasteiger partial charge in [0.25, 0.3) is 0 Å². The maximum atomic E-state index is 14.7. The third kappa shape index (κ3) is 3.50. The number of halogens is 3. The summed E-state index contributed by atoms with van der Waals surface area (Å²) in [6.07, 6.45) is 0.780. The molecule has 1 saturated heterocycles. The SMILES string of the molecule is C[C@H]1CNCCN1c1nc(=O)n2c3c(c(-c4ccc(F)cc4F)c(Cl)cc13)SCCC2. The number of rotatable bonds is 2. The van der Waals surface area contributed by atoms with Crippen molar-refractivity contribution in [2.75, 3.05) is 30.3 Å². The summed E-state index contributed by atoms with van der Waals surface area (Å²) in [5, 5.41) is 4.50. The molecule has 0 saturated carbocycles. The first-order valence-electron chi connectivity index (χ1n) is 10.3. The van der Waals surface area contributed by atoms with Crippen LogP contribution in [0.4, 0.5) is 14.6 Å². The third-order valence-corrected chi connectivity index (χ3v) is 7.37. The number of aromatic nitrogens is 2. The van der Waals surface area contributed by atoms with E-state index in [0.717, 1.165) is 53.7 Å². The number of benzene rings is 2. The van der Waals surface area contributed by atoms with Crippen molar-refractivity contribution in [3.05, 3.63) is 51.4 Å². The number of nitrogens with one attached hydrogen (secondary N) is 1. The van der Waals surface area contributed by atoms with Crippen LogP contribution in [0.3, 0.4) is 0 Å². The van der Waals surface area contributed by atoms with Crippen molar-refractivity contribution in [3.63, 3.8) is 0 Å². The molecule has 5 nitrogen and oxygen atoms in total. The molecule has 1 fully saturated rings. The van der Waals surface area contributed by atoms with Crippen LogP contribution in [0.2, 0.25) is 5.02 Å². The first-order chi connectivity index (χ1) is 15.0. The Labute approximate surface area is 187 Å². The predicted octanol–water partition coefficient (Wildman–Crippen LogP) is 4.29. The number of piperazine rings is 1. The van der Waals surface area contributed by atoms with Crippen LogP contribution >= 0.6 is 23.4 Å². The van der Waals surface area contributed by atoms with Gasteiger partial charge in [0.1, 0.15) is 17.5 Å². The van der Waals surface area contributed by atoms with E-state index in [9.17, 15) is 13.6 Å². The molecule has 31 heavy (non-hydrogen) atoms. The number of hydrogen-bond acceptors (Lipinski definition) is 5. The van der Waals surface area contributed by atoms with Crippen molar-refractivity contribution in [1.82, 2.24) is 14.9 Å². The second-order valence-electron chi connectivity index (χ2n) is 7.90. The fraction of sp³-hybridized carbons (Fsp3) is 0.364. The lowest BCUT2D eigenvalue weighted by molar-refractivity contribution is 0.496. The average Bonchev–Trinajstić information content (AvgIpc) is 2.96. The first-order valence-corrected chi connectivity index (χ1v) is 11.6. The summed E-state index contributed by atoms with van der Waals surface area (Å²) in [7, 11) is 0. The lowest BCUT2D eigenvalue weighted by Crippen LogP contribution is -2.50. The van der Waals surface area contributed by atoms with Crippen molar-refractivity contribution >= 4 is 40.1 Å². The van der Waals surface area contributed by atoms with E-state index >= 15 is 0 Å². The lowest BCUT2D eigenvalue weighted by Gasteiger charge is -2.35. The average molecular weight is 463 g/mol. The highest BCUT2D eigenvalue weighted by Crippen LogP contribution is 2.45. The molecular formula is C22H21ClF2N4OS. The van der Waals surface area contributed by atoms with Gasteiger partial charge < -0.3 is 10.2 Å². The van der Waals surface area contributed by atoms with Crippen LogP contribution in [-0.4, -0.2) is 41.0 Å². The summed E-state index contributed by atoms with van der Waals surface area (Å²) >= 11 is 8.28. The van der Waals surface area contributed by atoms with E-state index in [4.69, 9.17) is 11.6 Å². The Morgan fingerprint density at radius 1 is 1.26 bits per heavy atom. The summed E-state index contributed by atoms with van der Waals surface area (Å²) in [6, 6.07) is 5.42. The van der Waals surface area contributed by atoms with Gasteiger partial charge in [-0.25, -0.2) is 13.6 Å². The van der Waals surface area contributed by atoms with E-state index in [1.54, 1.807) is 22.4 Å². The normalized spacial score (nSPS) is 19.0. The van der Waals surface area contributed by atoms with Crippen LogP contribution in [-0.2, 0) is 6.54 Å². The molecule has 2 aliphatic heterocycles. The molecule has 0 amide bonds. The van der Waals surface area contributed by atoms with Crippen LogP contribution in [0.15, 0.2) is 34.0 Å². The van der Waals surface area contributed by atoms with E-state index in [-0.39, 0.29) is 17.3 Å². The first kappa shape index (κ1) is 20.7. The summed E-state index contributed by atoms with van der Waals surface area (Å²) in [4.78, 5) is 20.4. The highest BCUT2D eigenvalue weighted by atomic mass is 35.5. The molecule has 9 heteroatoms. The quantitative estimate of drug-likeness (QED) is 0.615. The Balaban J connectivity index is 1.85. The molecular weight excluding hydrogens is 442 g/mol. The molecule has 162 valence electrons. The van der Waals surface area contributed by atoms with E-state index in [1.807, 2.05) is 0 Å². The number of aryl methyl sites for hydroxylation is 1. The smallest absolute Gasteiger partial charge is 0.350 e. The molecule has 3 heterocycles. The van der Waals surface area contributed by atoms with Crippen molar-refractivity contribution in [2.45, 2.75) is 30.8 Å². The van der Waals surface area contributed by atoms with Gasteiger partial charge in [-0.15, -0.1) is 11.8 Å². The molecule has 3 aromatic rings. The summed E-state index contributed by atoms with van der Waals surface area (Å²) in [5.74, 6) is 0.0437. The molecule has 0 unspecified atom stereocenters. The third-order valence-electron chi connectivity index (χ3n) is 5.90. The molecule has 1 N–H and O–H groups in total. The molecule has 0 aliphatic carbocycles. The van der Waals surface area contributed by atoms with E-state index < -0.39 is 11.6 Å². The second-order valence-corrected chi connectivity index (χ2v) is 9.41. The van der Waals surface area contributed by atoms with Crippen molar-refractivity contribution < 1.29 is 8.78 Å². The zero-order valence-electron chi connectivity index (χ0n) is 16.9. The monoisotopic (exact) mass is 462 g/mol. The Hall–Kier alpha value is -2.16. The zero-order chi connectivity index (χ0) is 21.7. The van der Waals surface area contributed by atoms with Gasteiger partial charge in [-0.3, -0.25) is 4.57 Å². The summed E-state index contributed by atoms with van der Waals surface area (Å²) in [6.45, 7) is 4.93. The molecule has 0 spiro atoms. The van der Waals surface area contributed by atoms with Crippen LogP contribution in [0.25, 0.3) is 22.0 Å². The largest absolute Gasteiger partial charge is 0.351 e. The fourth-order valence-corrected chi connectivity index (χ4v) is 5.98. The Morgan fingerprint density at radius 2 is 2.10 bits per heavy atom. The molecule has 1 aromatic heterocycles. The summed E-state index contributed by atoms with van der Waals surface area (Å²) in [5.41, 5.74) is 1.14. The van der Waals surface area contributed by atoms with E-state index in [1.165, 1.54) is 12.1 Å². The number of hydrogen-bond donors (Lipinski definition) is 1. The van der Waals surface area contributed by atoms with Gasteiger partial charge in [-0.2, -0.15) is 4.98 Å². The maximum Gasteiger partial charge on any atom is 0.350 e. The molecule has 0 bridgehead atoms. The van der Waals surface area contributed by atoms with Gasteiger partial charge >= 0.3 is 5.69 Å². The van der Waals surface area contributed by atoms with Gasteiger partial charge in [-0.1, -0.05) is 11.6 Å². The van der Waals surface area contributed by atoms with Crippen molar-refractivity contribution in [1.29, 1.82) is 0 Å². The highest BCUT2D eigenvalue weighted by molar-refractivity contribution is 7.99. The molecule has 0 radical (unpaired) electrons. The Kier molecular flexibility index (Phi) is 5.40. The standard InChI is InChI=1S/C22H21ClF2N4OS/c1-12-11-26-5-7-28(12)21-15-10-16(23)18(14-4-3-13(24)9-17(14)25)20-19(15)29(22(30)27-21)6-2-8-31-20/h3-4,9-10,12,26H,2,5-8,11H2,1H3/t12-/m0/s1. The predicted molar refractivity (Wildman–Crippen MR) is 121 cm³/mol. The minimum Gasteiger partial charge on any atom is -0.351 e. The minimum absolute atomic E-state index is 0.161. The van der Waals surface area contributed by atoms with Crippen LogP contribution in [0.1, 0.15) is 13.3 Å². The summed E-state index contributed by atoms with van der Waals surface area (Å²) < 4.78 is 30.0. The number of thioether (sulfide) groups is 1. The van der Waals surface area contributed by atoms with E-state index in [0.29, 0.717) is 22.9 Å². The Morgan fingerprint density at radius 3 is 2.87 bits per heavy atom. The molecule has 2 aliphatic rings. The van der Waals surface area contributed by atoms with Gasteiger partial charge in [0.05, 0.1) is 10.5 Å². The molecule has 1 atom stereocenters. The van der Waals surface area contributed by atoms with Crippen LogP contribution in [0, 0.1) is 11.6 Å². The van der Waals surface area contributed by atoms with Crippen LogP contribution in [0.5, 0.6) is 0 Å². The zero-order valence-corrected chi connectivity index (χ0v) is 18.5. The van der Waals surface area contributed by atoms with Gasteiger partial charge in [0.15, 0.2) is 0 Å². The highest BCUT2D eigenvalue weighted by Gasteiger charge is 2.28.